The van der Waals surface area contributed by atoms with E-state index in [1.54, 1.807) is 6.20 Å². The van der Waals surface area contributed by atoms with Crippen molar-refractivity contribution in [1.29, 1.82) is 0 Å². The summed E-state index contributed by atoms with van der Waals surface area (Å²) >= 11 is 5.83. The minimum absolute atomic E-state index is 0.141. The van der Waals surface area contributed by atoms with E-state index >= 15 is 0 Å². The van der Waals surface area contributed by atoms with Crippen LogP contribution in [0, 0.1) is 0 Å². The Morgan fingerprint density at radius 2 is 2.20 bits per heavy atom. The number of nitrogens with one attached hydrogen (secondary N) is 2. The van der Waals surface area contributed by atoms with Crippen molar-refractivity contribution in [3.63, 3.8) is 0 Å². The summed E-state index contributed by atoms with van der Waals surface area (Å²) < 4.78 is 0. The molecule has 0 aliphatic heterocycles. The average molecular weight is 226 g/mol. The van der Waals surface area contributed by atoms with Gasteiger partial charge in [0.25, 0.3) is 0 Å². The first-order valence-electron chi connectivity index (χ1n) is 4.24. The number of aromatic nitrogens is 6. The van der Waals surface area contributed by atoms with E-state index in [1.165, 1.54) is 6.20 Å². The minimum atomic E-state index is -0.141. The first kappa shape index (κ1) is 9.78. The highest BCUT2D eigenvalue weighted by Gasteiger charge is 2.12. The molecule has 0 aliphatic rings. The van der Waals surface area contributed by atoms with Crippen LogP contribution < -0.4 is 5.32 Å². The van der Waals surface area contributed by atoms with Crippen LogP contribution in [0.3, 0.4) is 0 Å². The lowest BCUT2D eigenvalue weighted by atomic mass is 10.3. The molecule has 2 N–H and O–H groups in total. The first-order chi connectivity index (χ1) is 7.27. The van der Waals surface area contributed by atoms with Crippen LogP contribution in [0.15, 0.2) is 12.4 Å². The van der Waals surface area contributed by atoms with Crippen molar-refractivity contribution in [2.24, 2.45) is 0 Å². The Balaban J connectivity index is 2.13. The van der Waals surface area contributed by atoms with Gasteiger partial charge >= 0.3 is 0 Å². The second kappa shape index (κ2) is 4.18. The maximum Gasteiger partial charge on any atom is 0.196 e. The van der Waals surface area contributed by atoms with Gasteiger partial charge in [-0.25, -0.2) is 9.97 Å². The molecular weight excluding hydrogens is 218 g/mol. The van der Waals surface area contributed by atoms with Crippen LogP contribution in [0.25, 0.3) is 0 Å². The maximum atomic E-state index is 5.83. The summed E-state index contributed by atoms with van der Waals surface area (Å²) in [6.45, 7) is 1.87. The number of H-pyrrole nitrogens is 1. The Kier molecular flexibility index (Phi) is 2.72. The van der Waals surface area contributed by atoms with Gasteiger partial charge in [-0.1, -0.05) is 16.8 Å². The Morgan fingerprint density at radius 3 is 2.87 bits per heavy atom. The van der Waals surface area contributed by atoms with Crippen molar-refractivity contribution in [3.05, 3.63) is 23.4 Å². The predicted octanol–water partition coefficient (Wildman–Crippen LogP) is 0.816. The van der Waals surface area contributed by atoms with E-state index in [0.29, 0.717) is 16.8 Å². The second-order valence-electron chi connectivity index (χ2n) is 2.83. The molecule has 8 heteroatoms. The molecule has 0 saturated carbocycles. The molecule has 0 aromatic carbocycles. The zero-order chi connectivity index (χ0) is 10.7. The molecule has 0 aliphatic carbocycles. The van der Waals surface area contributed by atoms with Gasteiger partial charge in [-0.15, -0.1) is 10.2 Å². The number of tetrazole rings is 1. The number of hydrogen-bond acceptors (Lipinski definition) is 6. The van der Waals surface area contributed by atoms with Crippen molar-refractivity contribution in [2.75, 3.05) is 5.32 Å². The first-order valence-corrected chi connectivity index (χ1v) is 4.61. The van der Waals surface area contributed by atoms with E-state index in [9.17, 15) is 0 Å². The quantitative estimate of drug-likeness (QED) is 0.803. The molecule has 0 saturated heterocycles. The summed E-state index contributed by atoms with van der Waals surface area (Å²) in [6, 6.07) is -0.141. The third-order valence-corrected chi connectivity index (χ3v) is 2.03. The molecule has 0 radical (unpaired) electrons. The van der Waals surface area contributed by atoms with Gasteiger partial charge in [-0.3, -0.25) is 0 Å². The van der Waals surface area contributed by atoms with Gasteiger partial charge in [0.05, 0.1) is 6.04 Å². The van der Waals surface area contributed by atoms with Crippen LogP contribution >= 0.6 is 11.6 Å². The predicted molar refractivity (Wildman–Crippen MR) is 53.3 cm³/mol. The molecule has 7 nitrogen and oxygen atoms in total. The Bertz CT molecular complexity index is 429. The largest absolute Gasteiger partial charge is 0.358 e. The summed E-state index contributed by atoms with van der Waals surface area (Å²) in [4.78, 5) is 7.93. The fraction of sp³-hybridized carbons (Fsp3) is 0.286. The smallest absolute Gasteiger partial charge is 0.196 e. The molecule has 2 aromatic heterocycles. The number of anilines is 1. The number of hydrogen-bond donors (Lipinski definition) is 2. The molecular formula is C7H8ClN7. The van der Waals surface area contributed by atoms with Gasteiger partial charge in [-0.2, -0.15) is 5.21 Å². The van der Waals surface area contributed by atoms with Gasteiger partial charge in [0, 0.05) is 12.4 Å². The van der Waals surface area contributed by atoms with Crippen LogP contribution in [-0.2, 0) is 0 Å². The number of nitrogens with zero attached hydrogens (tertiary/aromatic N) is 5. The molecule has 2 heterocycles. The van der Waals surface area contributed by atoms with E-state index in [4.69, 9.17) is 11.6 Å². The standard InChI is InChI=1S/C7H8ClN7/c1-4(6-12-14-15-13-6)11-7-5(8)9-2-3-10-7/h2-4H,1H3,(H,10,11)(H,12,13,14,15). The van der Waals surface area contributed by atoms with Gasteiger partial charge in [0.15, 0.2) is 16.8 Å². The Labute approximate surface area is 90.3 Å². The Morgan fingerprint density at radius 1 is 1.40 bits per heavy atom. The molecule has 2 rings (SSSR count). The molecule has 78 valence electrons. The molecule has 0 fully saturated rings. The average Bonchev–Trinajstić information content (AvgIpc) is 2.74. The normalized spacial score (nSPS) is 12.4. The number of rotatable bonds is 3. The van der Waals surface area contributed by atoms with Crippen molar-refractivity contribution in [1.82, 2.24) is 30.6 Å². The van der Waals surface area contributed by atoms with Crippen LogP contribution in [0.5, 0.6) is 0 Å². The fourth-order valence-corrected chi connectivity index (χ4v) is 1.20. The topological polar surface area (TPSA) is 92.3 Å². The summed E-state index contributed by atoms with van der Waals surface area (Å²) in [5, 5.41) is 16.9. The van der Waals surface area contributed by atoms with Gasteiger partial charge in [0.1, 0.15) is 0 Å². The summed E-state index contributed by atoms with van der Waals surface area (Å²) in [5.74, 6) is 1.04. The summed E-state index contributed by atoms with van der Waals surface area (Å²) in [7, 11) is 0. The lowest BCUT2D eigenvalue weighted by Crippen LogP contribution is -2.10. The van der Waals surface area contributed by atoms with Gasteiger partial charge < -0.3 is 5.32 Å². The Hall–Kier alpha value is -1.76. The zero-order valence-electron chi connectivity index (χ0n) is 7.85. The van der Waals surface area contributed by atoms with Crippen molar-refractivity contribution in [3.8, 4) is 0 Å². The van der Waals surface area contributed by atoms with Crippen molar-refractivity contribution in [2.45, 2.75) is 13.0 Å². The summed E-state index contributed by atoms with van der Waals surface area (Å²) in [6.07, 6.45) is 3.07. The number of aromatic amines is 1. The molecule has 2 aromatic rings. The molecule has 15 heavy (non-hydrogen) atoms. The van der Waals surface area contributed by atoms with E-state index in [-0.39, 0.29) is 6.04 Å². The van der Waals surface area contributed by atoms with Crippen LogP contribution in [0.1, 0.15) is 18.8 Å². The highest BCUT2D eigenvalue weighted by Crippen LogP contribution is 2.19. The minimum Gasteiger partial charge on any atom is -0.358 e. The third kappa shape index (κ3) is 2.18. The van der Waals surface area contributed by atoms with Gasteiger partial charge in [-0.05, 0) is 6.92 Å². The van der Waals surface area contributed by atoms with E-state index < -0.39 is 0 Å². The monoisotopic (exact) mass is 225 g/mol. The molecule has 0 amide bonds. The third-order valence-electron chi connectivity index (χ3n) is 1.76. The van der Waals surface area contributed by atoms with Crippen LogP contribution in [0.2, 0.25) is 5.15 Å². The lowest BCUT2D eigenvalue weighted by Gasteiger charge is -2.10. The fourth-order valence-electron chi connectivity index (χ4n) is 1.04. The molecule has 0 bridgehead atoms. The van der Waals surface area contributed by atoms with Gasteiger partial charge in [0.2, 0.25) is 0 Å². The molecule has 0 spiro atoms. The lowest BCUT2D eigenvalue weighted by molar-refractivity contribution is 0.786. The van der Waals surface area contributed by atoms with E-state index in [2.05, 4.69) is 35.9 Å². The maximum absolute atomic E-state index is 5.83. The molecule has 1 atom stereocenters. The SMILES string of the molecule is CC(Nc1nccnc1Cl)c1nn[nH]n1. The van der Waals surface area contributed by atoms with Crippen LogP contribution in [-0.4, -0.2) is 30.6 Å². The van der Waals surface area contributed by atoms with Crippen LogP contribution in [0.4, 0.5) is 5.82 Å². The summed E-state index contributed by atoms with van der Waals surface area (Å²) in [5.41, 5.74) is 0. The zero-order valence-corrected chi connectivity index (χ0v) is 8.60. The number of halogens is 1. The molecule has 1 unspecified atom stereocenters. The van der Waals surface area contributed by atoms with Crippen molar-refractivity contribution >= 4 is 17.4 Å². The highest BCUT2D eigenvalue weighted by molar-refractivity contribution is 6.31. The van der Waals surface area contributed by atoms with E-state index in [0.717, 1.165) is 0 Å². The second-order valence-corrected chi connectivity index (χ2v) is 3.19. The van der Waals surface area contributed by atoms with E-state index in [1.807, 2.05) is 6.92 Å². The highest BCUT2D eigenvalue weighted by atomic mass is 35.5. The van der Waals surface area contributed by atoms with Crippen molar-refractivity contribution < 1.29 is 0 Å².